The summed E-state index contributed by atoms with van der Waals surface area (Å²) in [5.41, 5.74) is 2.36. The largest absolute Gasteiger partial charge is 0.382 e. The predicted molar refractivity (Wildman–Crippen MR) is 71.2 cm³/mol. The molecule has 0 atom stereocenters. The minimum absolute atomic E-state index is 0.617. The number of ether oxygens (including phenoxy) is 2. The third kappa shape index (κ3) is 3.58. The number of fused-ring (bicyclic) bond motifs is 1. The Hall–Kier alpha value is -0.820. The predicted octanol–water partition coefficient (Wildman–Crippen LogP) is 0.990. The van der Waals surface area contributed by atoms with Gasteiger partial charge in [-0.1, -0.05) is 12.2 Å². The summed E-state index contributed by atoms with van der Waals surface area (Å²) in [5.74, 6) is 0.915. The summed E-state index contributed by atoms with van der Waals surface area (Å²) >= 11 is 5.31. The zero-order valence-corrected chi connectivity index (χ0v) is 11.4. The normalized spacial score (nSPS) is 14.5. The van der Waals surface area contributed by atoms with Gasteiger partial charge in [-0.3, -0.25) is 0 Å². The molecule has 2 N–H and O–H groups in total. The number of nitrogens with one attached hydrogen (secondary N) is 2. The van der Waals surface area contributed by atoms with E-state index >= 15 is 0 Å². The van der Waals surface area contributed by atoms with Gasteiger partial charge in [0.15, 0.2) is 0 Å². The number of nitrogens with zero attached hydrogens (tertiary/aromatic N) is 1. The number of H-pyrrole nitrogens is 1. The van der Waals surface area contributed by atoms with Gasteiger partial charge in [0.2, 0.25) is 0 Å². The van der Waals surface area contributed by atoms with Crippen LogP contribution in [0.2, 0.25) is 0 Å². The average Bonchev–Trinajstić information content (AvgIpc) is 2.39. The minimum atomic E-state index is 0.617. The van der Waals surface area contributed by atoms with Gasteiger partial charge in [0.1, 0.15) is 10.5 Å². The van der Waals surface area contributed by atoms with Crippen LogP contribution in [0.15, 0.2) is 0 Å². The molecule has 0 aliphatic carbocycles. The molecule has 5 nitrogen and oxygen atoms in total. The Morgan fingerprint density at radius 1 is 1.33 bits per heavy atom. The molecule has 0 bridgehead atoms. The van der Waals surface area contributed by atoms with Crippen molar-refractivity contribution >= 4 is 12.2 Å². The molecule has 0 unspecified atom stereocenters. The van der Waals surface area contributed by atoms with E-state index in [2.05, 4.69) is 15.3 Å². The summed E-state index contributed by atoms with van der Waals surface area (Å²) in [6.07, 6.45) is 1.74. The fraction of sp³-hybridized carbons (Fsp3) is 0.667. The lowest BCUT2D eigenvalue weighted by atomic mass is 10.1. The van der Waals surface area contributed by atoms with Crippen molar-refractivity contribution < 1.29 is 9.47 Å². The molecule has 1 aromatic heterocycles. The summed E-state index contributed by atoms with van der Waals surface area (Å²) in [6.45, 7) is 3.69. The third-order valence-corrected chi connectivity index (χ3v) is 3.26. The minimum Gasteiger partial charge on any atom is -0.382 e. The summed E-state index contributed by atoms with van der Waals surface area (Å²) in [6, 6.07) is 0. The van der Waals surface area contributed by atoms with Gasteiger partial charge in [-0.15, -0.1) is 0 Å². The Morgan fingerprint density at radius 2 is 2.22 bits per heavy atom. The van der Waals surface area contributed by atoms with Gasteiger partial charge in [-0.05, 0) is 0 Å². The molecule has 1 aliphatic heterocycles. The van der Waals surface area contributed by atoms with Crippen LogP contribution in [0.25, 0.3) is 0 Å². The van der Waals surface area contributed by atoms with Gasteiger partial charge >= 0.3 is 0 Å². The molecule has 6 heteroatoms. The van der Waals surface area contributed by atoms with Crippen LogP contribution >= 0.6 is 12.2 Å². The van der Waals surface area contributed by atoms with Gasteiger partial charge in [0.05, 0.1) is 19.8 Å². The van der Waals surface area contributed by atoms with Crippen molar-refractivity contribution in [3.63, 3.8) is 0 Å². The van der Waals surface area contributed by atoms with E-state index in [1.807, 2.05) is 0 Å². The van der Waals surface area contributed by atoms with Crippen LogP contribution in [0, 0.1) is 4.64 Å². The van der Waals surface area contributed by atoms with Crippen molar-refractivity contribution in [2.24, 2.45) is 0 Å². The molecule has 0 aromatic carbocycles. The highest BCUT2D eigenvalue weighted by molar-refractivity contribution is 7.71. The first-order valence-electron chi connectivity index (χ1n) is 6.19. The smallest absolute Gasteiger partial charge is 0.134 e. The maximum atomic E-state index is 5.43. The summed E-state index contributed by atoms with van der Waals surface area (Å²) in [7, 11) is 1.67. The second-order valence-electron chi connectivity index (χ2n) is 4.23. The molecule has 2 heterocycles. The molecule has 2 rings (SSSR count). The first-order valence-corrected chi connectivity index (χ1v) is 6.60. The van der Waals surface area contributed by atoms with Crippen LogP contribution in [-0.4, -0.2) is 43.4 Å². The van der Waals surface area contributed by atoms with E-state index in [9.17, 15) is 0 Å². The Bertz CT molecular complexity index is 447. The molecule has 1 aliphatic rings. The molecule has 0 spiro atoms. The van der Waals surface area contributed by atoms with E-state index in [0.29, 0.717) is 24.5 Å². The van der Waals surface area contributed by atoms with Crippen LogP contribution in [-0.2, 0) is 28.9 Å². The lowest BCUT2D eigenvalue weighted by molar-refractivity contribution is 0.0716. The highest BCUT2D eigenvalue weighted by Gasteiger charge is 2.12. The van der Waals surface area contributed by atoms with Crippen molar-refractivity contribution in [1.29, 1.82) is 0 Å². The van der Waals surface area contributed by atoms with Gasteiger partial charge in [-0.2, -0.15) is 0 Å². The van der Waals surface area contributed by atoms with Crippen molar-refractivity contribution in [2.75, 3.05) is 33.5 Å². The lowest BCUT2D eigenvalue weighted by Crippen LogP contribution is -2.26. The average molecular weight is 269 g/mol. The second kappa shape index (κ2) is 6.94. The number of hydrogen-bond acceptors (Lipinski definition) is 5. The summed E-state index contributed by atoms with van der Waals surface area (Å²) in [4.78, 5) is 7.78. The second-order valence-corrected chi connectivity index (χ2v) is 4.61. The first kappa shape index (κ1) is 13.6. The number of aromatic nitrogens is 2. The Morgan fingerprint density at radius 3 is 3.06 bits per heavy atom. The van der Waals surface area contributed by atoms with Gasteiger partial charge in [0.25, 0.3) is 0 Å². The summed E-state index contributed by atoms with van der Waals surface area (Å²) < 4.78 is 11.1. The highest BCUT2D eigenvalue weighted by Crippen LogP contribution is 2.12. The topological polar surface area (TPSA) is 59.2 Å². The molecule has 100 valence electrons. The number of aromatic amines is 1. The maximum Gasteiger partial charge on any atom is 0.134 e. The molecule has 1 aromatic rings. The van der Waals surface area contributed by atoms with E-state index in [4.69, 9.17) is 21.7 Å². The molecule has 0 fully saturated rings. The fourth-order valence-electron chi connectivity index (χ4n) is 1.95. The van der Waals surface area contributed by atoms with Crippen LogP contribution in [0.4, 0.5) is 0 Å². The maximum absolute atomic E-state index is 5.43. The van der Waals surface area contributed by atoms with Crippen LogP contribution in [0.3, 0.4) is 0 Å². The first-order chi connectivity index (χ1) is 8.81. The fourth-order valence-corrected chi connectivity index (χ4v) is 2.26. The molecule has 0 saturated heterocycles. The zero-order chi connectivity index (χ0) is 12.8. The van der Waals surface area contributed by atoms with E-state index < -0.39 is 0 Å². The van der Waals surface area contributed by atoms with Crippen molar-refractivity contribution in [3.05, 3.63) is 21.7 Å². The number of rotatable bonds is 6. The van der Waals surface area contributed by atoms with E-state index in [1.165, 1.54) is 5.69 Å². The van der Waals surface area contributed by atoms with E-state index in [1.54, 1.807) is 7.11 Å². The van der Waals surface area contributed by atoms with Gasteiger partial charge in [-0.25, -0.2) is 4.98 Å². The Kier molecular flexibility index (Phi) is 5.25. The molecule has 18 heavy (non-hydrogen) atoms. The molecule has 0 radical (unpaired) electrons. The number of hydrogen-bond donors (Lipinski definition) is 2. The summed E-state index contributed by atoms with van der Waals surface area (Å²) in [5, 5.41) is 3.30. The van der Waals surface area contributed by atoms with Crippen LogP contribution in [0.5, 0.6) is 0 Å². The molecule has 0 saturated carbocycles. The Balaban J connectivity index is 1.93. The van der Waals surface area contributed by atoms with Crippen molar-refractivity contribution in [2.45, 2.75) is 19.4 Å². The SMILES string of the molecule is COCCOCCc1nc(=S)c2c([nH]1)CCNC2. The standard InChI is InChI=1S/C12H19N3O2S/c1-16-6-7-17-5-3-11-14-10-2-4-13-8-9(10)12(18)15-11/h13H,2-8H2,1H3,(H,14,15,18). The lowest BCUT2D eigenvalue weighted by Gasteiger charge is -2.17. The van der Waals surface area contributed by atoms with Crippen LogP contribution in [0.1, 0.15) is 17.1 Å². The van der Waals surface area contributed by atoms with Gasteiger partial charge in [0, 0.05) is 44.3 Å². The van der Waals surface area contributed by atoms with Crippen molar-refractivity contribution in [1.82, 2.24) is 15.3 Å². The molecule has 0 amide bonds. The quantitative estimate of drug-likeness (QED) is 0.596. The van der Waals surface area contributed by atoms with E-state index in [0.717, 1.165) is 37.3 Å². The Labute approximate surface area is 112 Å². The third-order valence-electron chi connectivity index (χ3n) is 2.92. The van der Waals surface area contributed by atoms with E-state index in [-0.39, 0.29) is 0 Å². The van der Waals surface area contributed by atoms with Crippen molar-refractivity contribution in [3.8, 4) is 0 Å². The van der Waals surface area contributed by atoms with Gasteiger partial charge < -0.3 is 19.8 Å². The molecular weight excluding hydrogens is 250 g/mol. The highest BCUT2D eigenvalue weighted by atomic mass is 32.1. The number of methoxy groups -OCH3 is 1. The zero-order valence-electron chi connectivity index (χ0n) is 10.6. The molecular formula is C12H19N3O2S. The van der Waals surface area contributed by atoms with Crippen LogP contribution < -0.4 is 5.32 Å². The monoisotopic (exact) mass is 269 g/mol.